The summed E-state index contributed by atoms with van der Waals surface area (Å²) in [5.74, 6) is -0.787. The standard InChI is InChI=1S/C28H24FN5O3/c29-19-12-13-30-23(15-19)18-8-11-24(31-16-18)33(20-5-2-1-3-6-20)25(35)17-32-14-4-7-22-26(32)28(37)34(27(22)36)21-9-10-21/h1-3,5-6,8,11-13,15-16,21H,4,7,9-10,14,17H2. The highest BCUT2D eigenvalue weighted by molar-refractivity contribution is 6.19. The number of carbonyl (C=O) groups is 3. The Morgan fingerprint density at radius 2 is 1.84 bits per heavy atom. The molecule has 37 heavy (non-hydrogen) atoms. The Balaban J connectivity index is 1.29. The third-order valence-corrected chi connectivity index (χ3v) is 6.85. The topological polar surface area (TPSA) is 86.7 Å². The van der Waals surface area contributed by atoms with Gasteiger partial charge in [-0.2, -0.15) is 0 Å². The number of anilines is 2. The molecule has 1 aliphatic carbocycles. The highest BCUT2D eigenvalue weighted by Gasteiger charge is 2.48. The normalized spacial score (nSPS) is 17.3. The molecule has 2 aromatic heterocycles. The molecule has 0 spiro atoms. The fourth-order valence-electron chi connectivity index (χ4n) is 4.96. The lowest BCUT2D eigenvalue weighted by molar-refractivity contribution is -0.138. The molecule has 8 nitrogen and oxygen atoms in total. The number of carbonyl (C=O) groups excluding carboxylic acids is 3. The number of halogens is 1. The molecule has 6 rings (SSSR count). The first-order valence-corrected chi connectivity index (χ1v) is 12.3. The molecular formula is C28H24FN5O3. The van der Waals surface area contributed by atoms with Crippen molar-refractivity contribution in [3.63, 3.8) is 0 Å². The molecule has 9 heteroatoms. The number of para-hydroxylation sites is 1. The van der Waals surface area contributed by atoms with Gasteiger partial charge in [0.05, 0.1) is 17.9 Å². The van der Waals surface area contributed by atoms with Gasteiger partial charge in [-0.1, -0.05) is 18.2 Å². The summed E-state index contributed by atoms with van der Waals surface area (Å²) in [5.41, 5.74) is 2.56. The molecule has 0 bridgehead atoms. The zero-order valence-corrected chi connectivity index (χ0v) is 20.0. The molecular weight excluding hydrogens is 473 g/mol. The molecule has 0 N–H and O–H groups in total. The van der Waals surface area contributed by atoms with Gasteiger partial charge in [0.15, 0.2) is 0 Å². The number of aromatic nitrogens is 2. The van der Waals surface area contributed by atoms with E-state index in [0.29, 0.717) is 53.4 Å². The molecule has 1 aromatic carbocycles. The average molecular weight is 498 g/mol. The van der Waals surface area contributed by atoms with Gasteiger partial charge in [0, 0.05) is 42.2 Å². The summed E-state index contributed by atoms with van der Waals surface area (Å²) in [5, 5.41) is 0. The number of benzene rings is 1. The Hall–Kier alpha value is -4.40. The SMILES string of the molecule is O=C(CN1CCCC2=C1C(=O)N(C1CC1)C2=O)N(c1ccccc1)c1ccc(-c2cc(F)ccn2)cn1. The van der Waals surface area contributed by atoms with Gasteiger partial charge in [-0.3, -0.25) is 29.2 Å². The minimum Gasteiger partial charge on any atom is -0.357 e. The van der Waals surface area contributed by atoms with Crippen LogP contribution in [0.4, 0.5) is 15.9 Å². The lowest BCUT2D eigenvalue weighted by atomic mass is 10.0. The van der Waals surface area contributed by atoms with E-state index in [9.17, 15) is 18.8 Å². The molecule has 0 unspecified atom stereocenters. The molecule has 2 aliphatic heterocycles. The van der Waals surface area contributed by atoms with Gasteiger partial charge in [-0.05, 0) is 56.0 Å². The van der Waals surface area contributed by atoms with Crippen LogP contribution < -0.4 is 4.90 Å². The Bertz CT molecular complexity index is 1420. The van der Waals surface area contributed by atoms with E-state index in [1.165, 1.54) is 28.1 Å². The van der Waals surface area contributed by atoms with Gasteiger partial charge in [-0.15, -0.1) is 0 Å². The maximum atomic E-state index is 13.8. The minimum absolute atomic E-state index is 0.0146. The Labute approximate surface area is 213 Å². The van der Waals surface area contributed by atoms with Crippen molar-refractivity contribution in [1.82, 2.24) is 19.8 Å². The lowest BCUT2D eigenvalue weighted by Crippen LogP contribution is -2.42. The summed E-state index contributed by atoms with van der Waals surface area (Å²) in [7, 11) is 0. The van der Waals surface area contributed by atoms with Crippen molar-refractivity contribution in [1.29, 1.82) is 0 Å². The molecule has 3 aliphatic rings. The summed E-state index contributed by atoms with van der Waals surface area (Å²) in [6.45, 7) is 0.447. The molecule has 4 heterocycles. The predicted octanol–water partition coefficient (Wildman–Crippen LogP) is 3.83. The monoisotopic (exact) mass is 497 g/mol. The van der Waals surface area contributed by atoms with Crippen LogP contribution >= 0.6 is 0 Å². The van der Waals surface area contributed by atoms with Gasteiger partial charge in [0.2, 0.25) is 0 Å². The highest BCUT2D eigenvalue weighted by atomic mass is 19.1. The van der Waals surface area contributed by atoms with Crippen molar-refractivity contribution in [3.05, 3.63) is 84.1 Å². The predicted molar refractivity (Wildman–Crippen MR) is 134 cm³/mol. The van der Waals surface area contributed by atoms with Crippen molar-refractivity contribution in [3.8, 4) is 11.3 Å². The zero-order chi connectivity index (χ0) is 25.5. The summed E-state index contributed by atoms with van der Waals surface area (Å²) in [6.07, 6.45) is 5.86. The second kappa shape index (κ2) is 9.24. The number of rotatable bonds is 6. The van der Waals surface area contributed by atoms with E-state index >= 15 is 0 Å². The summed E-state index contributed by atoms with van der Waals surface area (Å²) in [6, 6.07) is 15.1. The Kier molecular flexibility index (Phi) is 5.75. The molecule has 1 fully saturated rings. The number of nitrogens with zero attached hydrogens (tertiary/aromatic N) is 5. The third kappa shape index (κ3) is 4.26. The van der Waals surface area contributed by atoms with Crippen LogP contribution in [0.2, 0.25) is 0 Å². The van der Waals surface area contributed by atoms with E-state index in [-0.39, 0.29) is 30.3 Å². The van der Waals surface area contributed by atoms with E-state index < -0.39 is 5.82 Å². The molecule has 1 saturated carbocycles. The van der Waals surface area contributed by atoms with Crippen LogP contribution in [-0.2, 0) is 14.4 Å². The lowest BCUT2D eigenvalue weighted by Gasteiger charge is -2.31. The van der Waals surface area contributed by atoms with Gasteiger partial charge in [0.1, 0.15) is 17.3 Å². The van der Waals surface area contributed by atoms with Crippen LogP contribution in [0.1, 0.15) is 25.7 Å². The summed E-state index contributed by atoms with van der Waals surface area (Å²) >= 11 is 0. The number of imide groups is 1. The number of pyridine rings is 2. The van der Waals surface area contributed by atoms with Crippen molar-refractivity contribution >= 4 is 29.2 Å². The minimum atomic E-state index is -0.398. The third-order valence-electron chi connectivity index (χ3n) is 6.85. The van der Waals surface area contributed by atoms with Crippen LogP contribution in [0.15, 0.2) is 78.3 Å². The second-order valence-corrected chi connectivity index (χ2v) is 9.39. The number of amides is 3. The smallest absolute Gasteiger partial charge is 0.277 e. The fraction of sp³-hybridized carbons (Fsp3) is 0.250. The van der Waals surface area contributed by atoms with Crippen LogP contribution in [0.25, 0.3) is 11.3 Å². The van der Waals surface area contributed by atoms with Crippen molar-refractivity contribution in [2.24, 2.45) is 0 Å². The molecule has 186 valence electrons. The van der Waals surface area contributed by atoms with Crippen molar-refractivity contribution in [2.45, 2.75) is 31.7 Å². The molecule has 3 aromatic rings. The molecule has 0 atom stereocenters. The highest BCUT2D eigenvalue weighted by Crippen LogP contribution is 2.38. The van der Waals surface area contributed by atoms with E-state index in [2.05, 4.69) is 9.97 Å². The maximum Gasteiger partial charge on any atom is 0.277 e. The van der Waals surface area contributed by atoms with Crippen molar-refractivity contribution in [2.75, 3.05) is 18.0 Å². The van der Waals surface area contributed by atoms with Crippen LogP contribution in [0.5, 0.6) is 0 Å². The van der Waals surface area contributed by atoms with Crippen LogP contribution in [-0.4, -0.2) is 56.6 Å². The first-order chi connectivity index (χ1) is 18.0. The fourth-order valence-corrected chi connectivity index (χ4v) is 4.96. The average Bonchev–Trinajstić information content (AvgIpc) is 3.71. The van der Waals surface area contributed by atoms with Gasteiger partial charge in [-0.25, -0.2) is 9.37 Å². The number of hydrogen-bond donors (Lipinski definition) is 0. The maximum absolute atomic E-state index is 13.8. The summed E-state index contributed by atoms with van der Waals surface area (Å²) < 4.78 is 13.7. The quantitative estimate of drug-likeness (QED) is 0.481. The van der Waals surface area contributed by atoms with Crippen molar-refractivity contribution < 1.29 is 18.8 Å². The summed E-state index contributed by atoms with van der Waals surface area (Å²) in [4.78, 5) is 53.1. The van der Waals surface area contributed by atoms with E-state index in [0.717, 1.165) is 12.8 Å². The number of hydrogen-bond acceptors (Lipinski definition) is 6. The van der Waals surface area contributed by atoms with E-state index in [1.54, 1.807) is 23.2 Å². The van der Waals surface area contributed by atoms with E-state index in [1.807, 2.05) is 30.3 Å². The van der Waals surface area contributed by atoms with Gasteiger partial charge < -0.3 is 4.90 Å². The molecule has 0 radical (unpaired) electrons. The van der Waals surface area contributed by atoms with E-state index in [4.69, 9.17) is 0 Å². The molecule has 3 amide bonds. The first-order valence-electron chi connectivity index (χ1n) is 12.3. The largest absolute Gasteiger partial charge is 0.357 e. The first kappa shape index (κ1) is 23.0. The molecule has 0 saturated heterocycles. The van der Waals surface area contributed by atoms with Crippen LogP contribution in [0, 0.1) is 5.82 Å². The van der Waals surface area contributed by atoms with Gasteiger partial charge in [0.25, 0.3) is 17.7 Å². The van der Waals surface area contributed by atoms with Gasteiger partial charge >= 0.3 is 0 Å². The Morgan fingerprint density at radius 1 is 1.03 bits per heavy atom. The zero-order valence-electron chi connectivity index (χ0n) is 20.0. The Morgan fingerprint density at radius 3 is 2.54 bits per heavy atom. The van der Waals surface area contributed by atoms with Crippen LogP contribution in [0.3, 0.4) is 0 Å². The second-order valence-electron chi connectivity index (χ2n) is 9.39.